The second-order valence-electron chi connectivity index (χ2n) is 4.95. The number of aliphatic hydroxyl groups is 1. The lowest BCUT2D eigenvalue weighted by Crippen LogP contribution is -2.35. The van der Waals surface area contributed by atoms with Gasteiger partial charge in [-0.3, -0.25) is 4.90 Å². The van der Waals surface area contributed by atoms with Gasteiger partial charge in [-0.25, -0.2) is 4.98 Å². The van der Waals surface area contributed by atoms with Crippen molar-refractivity contribution >= 4 is 5.82 Å². The van der Waals surface area contributed by atoms with Crippen LogP contribution in [0.15, 0.2) is 18.3 Å². The highest BCUT2D eigenvalue weighted by molar-refractivity contribution is 5.43. The van der Waals surface area contributed by atoms with Gasteiger partial charge >= 0.3 is 0 Å². The van der Waals surface area contributed by atoms with E-state index in [0.29, 0.717) is 0 Å². The quantitative estimate of drug-likeness (QED) is 0.836. The van der Waals surface area contributed by atoms with Crippen molar-refractivity contribution in [3.8, 4) is 0 Å². The molecule has 1 aliphatic rings. The first-order valence-electron chi connectivity index (χ1n) is 6.87. The Balaban J connectivity index is 1.95. The molecule has 0 saturated carbocycles. The van der Waals surface area contributed by atoms with Gasteiger partial charge in [0, 0.05) is 37.9 Å². The summed E-state index contributed by atoms with van der Waals surface area (Å²) in [4.78, 5) is 6.80. The number of likely N-dealkylation sites (tertiary alicyclic amines) is 1. The molecule has 0 atom stereocenters. The van der Waals surface area contributed by atoms with Crippen LogP contribution in [0, 0.1) is 0 Å². The molecule has 1 saturated heterocycles. The molecule has 0 radical (unpaired) electrons. The van der Waals surface area contributed by atoms with Gasteiger partial charge in [0.2, 0.25) is 0 Å². The molecule has 1 aromatic heterocycles. The molecular formula is C14H23N3O. The number of pyridine rings is 1. The molecule has 1 fully saturated rings. The van der Waals surface area contributed by atoms with Crippen molar-refractivity contribution in [2.75, 3.05) is 25.0 Å². The summed E-state index contributed by atoms with van der Waals surface area (Å²) in [6.45, 7) is 5.99. The van der Waals surface area contributed by atoms with Gasteiger partial charge < -0.3 is 10.4 Å². The van der Waals surface area contributed by atoms with Gasteiger partial charge in [-0.2, -0.15) is 0 Å². The third-order valence-corrected chi connectivity index (χ3v) is 3.38. The van der Waals surface area contributed by atoms with Crippen molar-refractivity contribution in [1.29, 1.82) is 0 Å². The third kappa shape index (κ3) is 3.68. The number of aromatic nitrogens is 1. The molecule has 2 heterocycles. The van der Waals surface area contributed by atoms with Crippen molar-refractivity contribution in [3.05, 3.63) is 23.9 Å². The fourth-order valence-electron chi connectivity index (χ4n) is 2.29. The van der Waals surface area contributed by atoms with E-state index in [-0.39, 0.29) is 6.10 Å². The minimum atomic E-state index is -0.104. The lowest BCUT2D eigenvalue weighted by atomic mass is 10.1. The molecule has 0 aromatic carbocycles. The van der Waals surface area contributed by atoms with Crippen LogP contribution >= 0.6 is 0 Å². The average Bonchev–Trinajstić information content (AvgIpc) is 2.40. The summed E-state index contributed by atoms with van der Waals surface area (Å²) in [6.07, 6.45) is 4.61. The standard InChI is InChI=1S/C14H23N3O/c1-2-7-15-14-12(4-3-8-16-14)11-17-9-5-13(18)6-10-17/h3-4,8,13,18H,2,5-7,9-11H2,1H3,(H,15,16). The highest BCUT2D eigenvalue weighted by Crippen LogP contribution is 2.17. The first-order chi connectivity index (χ1) is 8.79. The van der Waals surface area contributed by atoms with Crippen molar-refractivity contribution in [3.63, 3.8) is 0 Å². The van der Waals surface area contributed by atoms with E-state index in [4.69, 9.17) is 0 Å². The van der Waals surface area contributed by atoms with Gasteiger partial charge in [-0.1, -0.05) is 13.0 Å². The fraction of sp³-hybridized carbons (Fsp3) is 0.643. The zero-order valence-electron chi connectivity index (χ0n) is 11.1. The maximum absolute atomic E-state index is 9.51. The van der Waals surface area contributed by atoms with E-state index >= 15 is 0 Å². The maximum Gasteiger partial charge on any atom is 0.130 e. The summed E-state index contributed by atoms with van der Waals surface area (Å²) in [5.41, 5.74) is 1.25. The molecule has 0 bridgehead atoms. The van der Waals surface area contributed by atoms with Gasteiger partial charge in [0.05, 0.1) is 6.10 Å². The topological polar surface area (TPSA) is 48.4 Å². The van der Waals surface area contributed by atoms with E-state index in [1.165, 1.54) is 5.56 Å². The lowest BCUT2D eigenvalue weighted by molar-refractivity contribution is 0.0793. The van der Waals surface area contributed by atoms with Crippen molar-refractivity contribution < 1.29 is 5.11 Å². The Labute approximate surface area is 109 Å². The Morgan fingerprint density at radius 1 is 1.44 bits per heavy atom. The average molecular weight is 249 g/mol. The largest absolute Gasteiger partial charge is 0.393 e. The number of aliphatic hydroxyl groups excluding tert-OH is 1. The minimum absolute atomic E-state index is 0.104. The smallest absolute Gasteiger partial charge is 0.130 e. The molecule has 100 valence electrons. The van der Waals surface area contributed by atoms with Gasteiger partial charge in [-0.15, -0.1) is 0 Å². The number of hydrogen-bond donors (Lipinski definition) is 2. The van der Waals surface area contributed by atoms with E-state index in [2.05, 4.69) is 28.2 Å². The highest BCUT2D eigenvalue weighted by atomic mass is 16.3. The summed E-state index contributed by atoms with van der Waals surface area (Å²) in [5.74, 6) is 1.01. The molecule has 18 heavy (non-hydrogen) atoms. The number of nitrogens with zero attached hydrogens (tertiary/aromatic N) is 2. The van der Waals surface area contributed by atoms with Crippen molar-refractivity contribution in [1.82, 2.24) is 9.88 Å². The normalized spacial score (nSPS) is 17.9. The molecule has 0 aliphatic carbocycles. The zero-order valence-corrected chi connectivity index (χ0v) is 11.1. The zero-order chi connectivity index (χ0) is 12.8. The summed E-state index contributed by atoms with van der Waals surface area (Å²) in [5, 5.41) is 12.9. The molecule has 0 spiro atoms. The molecule has 1 aliphatic heterocycles. The molecular weight excluding hydrogens is 226 g/mol. The maximum atomic E-state index is 9.51. The van der Waals surface area contributed by atoms with Gasteiger partial charge in [0.15, 0.2) is 0 Å². The van der Waals surface area contributed by atoms with Crippen molar-refractivity contribution in [2.24, 2.45) is 0 Å². The van der Waals surface area contributed by atoms with Crippen LogP contribution in [0.5, 0.6) is 0 Å². The van der Waals surface area contributed by atoms with Gasteiger partial charge in [0.25, 0.3) is 0 Å². The molecule has 0 unspecified atom stereocenters. The second kappa shape index (κ2) is 6.71. The number of anilines is 1. The number of piperidine rings is 1. The fourth-order valence-corrected chi connectivity index (χ4v) is 2.29. The van der Waals surface area contributed by atoms with Crippen LogP contribution in [0.1, 0.15) is 31.7 Å². The molecule has 2 N–H and O–H groups in total. The van der Waals surface area contributed by atoms with Gasteiger partial charge in [0.1, 0.15) is 5.82 Å². The van der Waals surface area contributed by atoms with E-state index in [9.17, 15) is 5.11 Å². The second-order valence-corrected chi connectivity index (χ2v) is 4.95. The molecule has 4 nitrogen and oxygen atoms in total. The Kier molecular flexibility index (Phi) is 4.96. The van der Waals surface area contributed by atoms with Crippen LogP contribution < -0.4 is 5.32 Å². The van der Waals surface area contributed by atoms with Crippen LogP contribution in [0.4, 0.5) is 5.82 Å². The number of hydrogen-bond acceptors (Lipinski definition) is 4. The molecule has 2 rings (SSSR count). The molecule has 0 amide bonds. The Bertz CT molecular complexity index is 362. The van der Waals surface area contributed by atoms with E-state index in [0.717, 1.165) is 51.3 Å². The third-order valence-electron chi connectivity index (χ3n) is 3.38. The molecule has 4 heteroatoms. The minimum Gasteiger partial charge on any atom is -0.393 e. The predicted molar refractivity (Wildman–Crippen MR) is 73.5 cm³/mol. The van der Waals surface area contributed by atoms with Crippen molar-refractivity contribution in [2.45, 2.75) is 38.8 Å². The summed E-state index contributed by atoms with van der Waals surface area (Å²) in [6, 6.07) is 4.13. The Morgan fingerprint density at radius 3 is 2.94 bits per heavy atom. The first kappa shape index (κ1) is 13.3. The lowest BCUT2D eigenvalue weighted by Gasteiger charge is -2.29. The highest BCUT2D eigenvalue weighted by Gasteiger charge is 2.17. The SMILES string of the molecule is CCCNc1ncccc1CN1CCC(O)CC1. The number of rotatable bonds is 5. The van der Waals surface area contributed by atoms with E-state index in [1.807, 2.05) is 12.3 Å². The number of nitrogens with one attached hydrogen (secondary N) is 1. The first-order valence-corrected chi connectivity index (χ1v) is 6.87. The van der Waals surface area contributed by atoms with Crippen LogP contribution in [0.25, 0.3) is 0 Å². The summed E-state index contributed by atoms with van der Waals surface area (Å²) >= 11 is 0. The summed E-state index contributed by atoms with van der Waals surface area (Å²) < 4.78 is 0. The van der Waals surface area contributed by atoms with E-state index < -0.39 is 0 Å². The van der Waals surface area contributed by atoms with Crippen LogP contribution in [-0.4, -0.2) is 40.7 Å². The van der Waals surface area contributed by atoms with Crippen LogP contribution in [-0.2, 0) is 6.54 Å². The van der Waals surface area contributed by atoms with E-state index in [1.54, 1.807) is 0 Å². The van der Waals surface area contributed by atoms with Crippen LogP contribution in [0.2, 0.25) is 0 Å². The van der Waals surface area contributed by atoms with Gasteiger partial charge in [-0.05, 0) is 25.3 Å². The molecule has 1 aromatic rings. The Morgan fingerprint density at radius 2 is 2.22 bits per heavy atom. The summed E-state index contributed by atoms with van der Waals surface area (Å²) in [7, 11) is 0. The van der Waals surface area contributed by atoms with Crippen LogP contribution in [0.3, 0.4) is 0 Å². The Hall–Kier alpha value is -1.13. The monoisotopic (exact) mass is 249 g/mol. The predicted octanol–water partition coefficient (Wildman–Crippen LogP) is 1.86.